The fourth-order valence-corrected chi connectivity index (χ4v) is 5.24. The molecule has 0 fully saturated rings. The van der Waals surface area contributed by atoms with Crippen molar-refractivity contribution in [2.45, 2.75) is 19.8 Å². The van der Waals surface area contributed by atoms with Gasteiger partial charge in [-0.3, -0.25) is 0 Å². The van der Waals surface area contributed by atoms with Crippen molar-refractivity contribution in [2.24, 2.45) is 0 Å². The summed E-state index contributed by atoms with van der Waals surface area (Å²) in [5.41, 5.74) is 16.5. The largest absolute Gasteiger partial charge is 0.399 e. The van der Waals surface area contributed by atoms with E-state index in [1.807, 2.05) is 0 Å². The van der Waals surface area contributed by atoms with Crippen LogP contribution in [0.25, 0.3) is 43.8 Å². The van der Waals surface area contributed by atoms with Crippen LogP contribution < -0.4 is 5.73 Å². The SMILES string of the molecule is CCc1cc(-c2cccc3c2c2c(c4ccccc43)-c3ccccc3C2)ccc1N. The van der Waals surface area contributed by atoms with Crippen LogP contribution in [0.3, 0.4) is 0 Å². The van der Waals surface area contributed by atoms with Crippen LogP contribution >= 0.6 is 0 Å². The number of nitrogens with two attached hydrogens (primary N) is 1. The number of fused-ring (bicyclic) bond motifs is 8. The van der Waals surface area contributed by atoms with Crippen LogP contribution in [0.1, 0.15) is 23.6 Å². The minimum Gasteiger partial charge on any atom is -0.399 e. The van der Waals surface area contributed by atoms with Gasteiger partial charge < -0.3 is 5.73 Å². The molecule has 1 aliphatic rings. The van der Waals surface area contributed by atoms with Crippen molar-refractivity contribution in [3.05, 3.63) is 102 Å². The van der Waals surface area contributed by atoms with Crippen LogP contribution in [0.4, 0.5) is 5.69 Å². The Kier molecular flexibility index (Phi) is 3.73. The summed E-state index contributed by atoms with van der Waals surface area (Å²) in [5.74, 6) is 0. The Labute approximate surface area is 176 Å². The van der Waals surface area contributed by atoms with Crippen molar-refractivity contribution in [1.82, 2.24) is 0 Å². The van der Waals surface area contributed by atoms with Gasteiger partial charge in [0, 0.05) is 5.69 Å². The predicted molar refractivity (Wildman–Crippen MR) is 129 cm³/mol. The van der Waals surface area contributed by atoms with E-state index in [-0.39, 0.29) is 0 Å². The molecule has 6 rings (SSSR count). The molecule has 0 unspecified atom stereocenters. The Balaban J connectivity index is 1.78. The lowest BCUT2D eigenvalue weighted by atomic mass is 9.87. The average Bonchev–Trinajstić information content (AvgIpc) is 3.19. The molecule has 1 aliphatic carbocycles. The molecule has 1 nitrogen and oxygen atoms in total. The molecule has 5 aromatic rings. The van der Waals surface area contributed by atoms with Crippen molar-refractivity contribution < 1.29 is 0 Å². The molecule has 0 saturated heterocycles. The average molecular weight is 386 g/mol. The van der Waals surface area contributed by atoms with E-state index in [1.54, 1.807) is 0 Å². The van der Waals surface area contributed by atoms with Crippen molar-refractivity contribution in [1.29, 1.82) is 0 Å². The van der Waals surface area contributed by atoms with Crippen LogP contribution in [0.15, 0.2) is 84.9 Å². The predicted octanol–water partition coefficient (Wildman–Crippen LogP) is 7.38. The van der Waals surface area contributed by atoms with E-state index >= 15 is 0 Å². The van der Waals surface area contributed by atoms with Crippen molar-refractivity contribution in [3.8, 4) is 22.3 Å². The second-order valence-electron chi connectivity index (χ2n) is 8.23. The highest BCUT2D eigenvalue weighted by atomic mass is 14.6. The number of benzene rings is 5. The number of rotatable bonds is 2. The van der Waals surface area contributed by atoms with Crippen LogP contribution in [0.5, 0.6) is 0 Å². The maximum Gasteiger partial charge on any atom is 0.0346 e. The maximum absolute atomic E-state index is 6.21. The molecule has 144 valence electrons. The first-order chi connectivity index (χ1) is 14.8. The normalized spacial score (nSPS) is 12.3. The highest BCUT2D eigenvalue weighted by Crippen LogP contribution is 2.48. The summed E-state index contributed by atoms with van der Waals surface area (Å²) in [6.07, 6.45) is 1.93. The number of anilines is 1. The summed E-state index contributed by atoms with van der Waals surface area (Å²) in [4.78, 5) is 0. The van der Waals surface area contributed by atoms with Gasteiger partial charge in [0.05, 0.1) is 0 Å². The Morgan fingerprint density at radius 1 is 0.733 bits per heavy atom. The van der Waals surface area contributed by atoms with Gasteiger partial charge in [-0.15, -0.1) is 0 Å². The van der Waals surface area contributed by atoms with E-state index in [9.17, 15) is 0 Å². The minimum atomic E-state index is 0.879. The van der Waals surface area contributed by atoms with Crippen LogP contribution in [0.2, 0.25) is 0 Å². The molecule has 30 heavy (non-hydrogen) atoms. The van der Waals surface area contributed by atoms with Gasteiger partial charge in [-0.05, 0) is 85.5 Å². The third-order valence-electron chi connectivity index (χ3n) is 6.64. The summed E-state index contributed by atoms with van der Waals surface area (Å²) in [7, 11) is 0. The highest BCUT2D eigenvalue weighted by Gasteiger charge is 2.25. The van der Waals surface area contributed by atoms with E-state index in [1.165, 1.54) is 60.5 Å². The molecule has 0 heterocycles. The molecule has 0 spiro atoms. The highest BCUT2D eigenvalue weighted by molar-refractivity contribution is 6.20. The lowest BCUT2D eigenvalue weighted by molar-refractivity contribution is 1.15. The topological polar surface area (TPSA) is 26.0 Å². The molecule has 1 heteroatoms. The second kappa shape index (κ2) is 6.47. The molecule has 0 amide bonds. The van der Waals surface area contributed by atoms with Crippen molar-refractivity contribution >= 4 is 27.2 Å². The first kappa shape index (κ1) is 17.3. The zero-order chi connectivity index (χ0) is 20.2. The van der Waals surface area contributed by atoms with Gasteiger partial charge in [0.2, 0.25) is 0 Å². The van der Waals surface area contributed by atoms with Crippen LogP contribution in [-0.2, 0) is 12.8 Å². The van der Waals surface area contributed by atoms with Gasteiger partial charge in [-0.1, -0.05) is 79.7 Å². The Morgan fingerprint density at radius 3 is 2.33 bits per heavy atom. The van der Waals surface area contributed by atoms with Gasteiger partial charge in [-0.2, -0.15) is 0 Å². The standard InChI is InChI=1S/C29H23N/c1-2-18-16-20(14-15-27(18)30)22-12-7-13-25-23-10-5-6-11-24(23)28-21-9-4-3-8-19(21)17-26(28)29(22)25/h3-16H,2,17,30H2,1H3. The number of hydrogen-bond donors (Lipinski definition) is 1. The molecule has 0 aliphatic heterocycles. The van der Waals surface area contributed by atoms with Gasteiger partial charge in [0.25, 0.3) is 0 Å². The maximum atomic E-state index is 6.21. The number of hydrogen-bond acceptors (Lipinski definition) is 1. The Bertz CT molecular complexity index is 1460. The van der Waals surface area contributed by atoms with E-state index in [0.29, 0.717) is 0 Å². The fraction of sp³-hybridized carbons (Fsp3) is 0.103. The van der Waals surface area contributed by atoms with Crippen molar-refractivity contribution in [2.75, 3.05) is 5.73 Å². The molecule has 0 saturated carbocycles. The molecule has 0 atom stereocenters. The van der Waals surface area contributed by atoms with Gasteiger partial charge in [0.1, 0.15) is 0 Å². The van der Waals surface area contributed by atoms with Crippen LogP contribution in [-0.4, -0.2) is 0 Å². The monoisotopic (exact) mass is 385 g/mol. The zero-order valence-electron chi connectivity index (χ0n) is 17.1. The molecular formula is C29H23N. The zero-order valence-corrected chi connectivity index (χ0v) is 17.1. The number of nitrogen functional groups attached to an aromatic ring is 1. The smallest absolute Gasteiger partial charge is 0.0346 e. The summed E-state index contributed by atoms with van der Waals surface area (Å²) in [5, 5.41) is 5.41. The lowest BCUT2D eigenvalue weighted by Crippen LogP contribution is -1.95. The molecule has 0 bridgehead atoms. The van der Waals surface area contributed by atoms with E-state index in [2.05, 4.69) is 91.9 Å². The quantitative estimate of drug-likeness (QED) is 0.244. The summed E-state index contributed by atoms with van der Waals surface area (Å²) in [6.45, 7) is 2.17. The van der Waals surface area contributed by atoms with Gasteiger partial charge in [-0.25, -0.2) is 0 Å². The fourth-order valence-electron chi connectivity index (χ4n) is 5.24. The van der Waals surface area contributed by atoms with E-state index in [0.717, 1.165) is 18.5 Å². The molecular weight excluding hydrogens is 362 g/mol. The Morgan fingerprint density at radius 2 is 1.47 bits per heavy atom. The number of aryl methyl sites for hydroxylation is 1. The van der Waals surface area contributed by atoms with E-state index in [4.69, 9.17) is 5.73 Å². The van der Waals surface area contributed by atoms with E-state index < -0.39 is 0 Å². The van der Waals surface area contributed by atoms with Crippen molar-refractivity contribution in [3.63, 3.8) is 0 Å². The third kappa shape index (κ3) is 2.35. The lowest BCUT2D eigenvalue weighted by Gasteiger charge is -2.17. The van der Waals surface area contributed by atoms with Crippen LogP contribution in [0, 0.1) is 0 Å². The third-order valence-corrected chi connectivity index (χ3v) is 6.64. The van der Waals surface area contributed by atoms with Gasteiger partial charge in [0.15, 0.2) is 0 Å². The summed E-state index contributed by atoms with van der Waals surface area (Å²) >= 11 is 0. The summed E-state index contributed by atoms with van der Waals surface area (Å²) < 4.78 is 0. The Hall–Kier alpha value is -3.58. The molecule has 2 N–H and O–H groups in total. The van der Waals surface area contributed by atoms with Gasteiger partial charge >= 0.3 is 0 Å². The minimum absolute atomic E-state index is 0.879. The first-order valence-corrected chi connectivity index (χ1v) is 10.7. The molecule has 5 aromatic carbocycles. The summed E-state index contributed by atoms with van der Waals surface area (Å²) in [6, 6.07) is 31.0. The second-order valence-corrected chi connectivity index (χ2v) is 8.23. The first-order valence-electron chi connectivity index (χ1n) is 10.7. The molecule has 0 radical (unpaired) electrons. The molecule has 0 aromatic heterocycles.